The molecule has 0 aromatic heterocycles. The van der Waals surface area contributed by atoms with Crippen LogP contribution in [-0.4, -0.2) is 31.7 Å². The fraction of sp³-hybridized carbons (Fsp3) is 0.875. The van der Waals surface area contributed by atoms with E-state index in [0.29, 0.717) is 13.0 Å². The summed E-state index contributed by atoms with van der Waals surface area (Å²) in [7, 11) is 1.64. The normalized spacial score (nSPS) is 11.6. The van der Waals surface area contributed by atoms with E-state index in [1.54, 1.807) is 7.11 Å². The molecule has 72 valence electrons. The first kappa shape index (κ1) is 11.4. The van der Waals surface area contributed by atoms with Crippen molar-refractivity contribution in [3.8, 4) is 0 Å². The van der Waals surface area contributed by atoms with Gasteiger partial charge in [-0.05, 0) is 13.8 Å². The highest BCUT2D eigenvalue weighted by atomic mass is 16.5. The molecule has 12 heavy (non-hydrogen) atoms. The maximum atomic E-state index is 10.6. The number of rotatable bonds is 6. The summed E-state index contributed by atoms with van der Waals surface area (Å²) in [5.41, 5.74) is 4.84. The summed E-state index contributed by atoms with van der Waals surface area (Å²) < 4.78 is 4.86. The van der Waals surface area contributed by atoms with Crippen molar-refractivity contribution < 1.29 is 9.53 Å². The standard InChI is InChI=1S/C8H18N2O2/c1-8(2,6-7(9)11)10-4-5-12-3/h10H,4-6H2,1-3H3,(H2,9,11). The first-order valence-electron chi connectivity index (χ1n) is 4.00. The lowest BCUT2D eigenvalue weighted by Gasteiger charge is -2.24. The minimum Gasteiger partial charge on any atom is -0.383 e. The minimum atomic E-state index is -0.287. The number of nitrogens with two attached hydrogens (primary N) is 1. The van der Waals surface area contributed by atoms with Crippen LogP contribution in [0.25, 0.3) is 0 Å². The molecule has 0 atom stereocenters. The topological polar surface area (TPSA) is 64.3 Å². The third kappa shape index (κ3) is 6.12. The zero-order valence-corrected chi connectivity index (χ0v) is 8.02. The molecule has 0 aliphatic rings. The Bertz CT molecular complexity index is 146. The summed E-state index contributed by atoms with van der Waals surface area (Å²) in [6, 6.07) is 0. The van der Waals surface area contributed by atoms with Crippen LogP contribution in [0.3, 0.4) is 0 Å². The monoisotopic (exact) mass is 174 g/mol. The van der Waals surface area contributed by atoms with E-state index in [9.17, 15) is 4.79 Å². The molecule has 0 unspecified atom stereocenters. The second-order valence-corrected chi connectivity index (χ2v) is 3.45. The number of amides is 1. The molecular weight excluding hydrogens is 156 g/mol. The average Bonchev–Trinajstić information content (AvgIpc) is 1.84. The molecule has 0 aromatic rings. The third-order valence-electron chi connectivity index (χ3n) is 1.53. The van der Waals surface area contributed by atoms with Crippen LogP contribution in [0.15, 0.2) is 0 Å². The van der Waals surface area contributed by atoms with Crippen LogP contribution in [0, 0.1) is 0 Å². The SMILES string of the molecule is COCCNC(C)(C)CC(N)=O. The van der Waals surface area contributed by atoms with Gasteiger partial charge in [0, 0.05) is 25.6 Å². The molecule has 4 nitrogen and oxygen atoms in total. The van der Waals surface area contributed by atoms with E-state index < -0.39 is 0 Å². The van der Waals surface area contributed by atoms with E-state index in [1.807, 2.05) is 13.8 Å². The minimum absolute atomic E-state index is 0.232. The Labute approximate surface area is 73.5 Å². The smallest absolute Gasteiger partial charge is 0.219 e. The lowest BCUT2D eigenvalue weighted by Crippen LogP contribution is -2.44. The first-order valence-corrected chi connectivity index (χ1v) is 4.00. The van der Waals surface area contributed by atoms with E-state index in [-0.39, 0.29) is 11.4 Å². The molecule has 0 rings (SSSR count). The third-order valence-corrected chi connectivity index (χ3v) is 1.53. The van der Waals surface area contributed by atoms with Crippen molar-refractivity contribution in [2.45, 2.75) is 25.8 Å². The Morgan fingerprint density at radius 1 is 1.58 bits per heavy atom. The number of carbonyl (C=O) groups is 1. The summed E-state index contributed by atoms with van der Waals surface area (Å²) in [5.74, 6) is -0.287. The molecule has 0 heterocycles. The van der Waals surface area contributed by atoms with E-state index in [2.05, 4.69) is 5.32 Å². The molecule has 0 radical (unpaired) electrons. The van der Waals surface area contributed by atoms with Gasteiger partial charge in [-0.15, -0.1) is 0 Å². The second-order valence-electron chi connectivity index (χ2n) is 3.45. The number of primary amides is 1. The van der Waals surface area contributed by atoms with Crippen molar-refractivity contribution in [2.75, 3.05) is 20.3 Å². The van der Waals surface area contributed by atoms with Gasteiger partial charge in [-0.1, -0.05) is 0 Å². The van der Waals surface area contributed by atoms with E-state index in [1.165, 1.54) is 0 Å². The fourth-order valence-corrected chi connectivity index (χ4v) is 0.990. The van der Waals surface area contributed by atoms with Crippen LogP contribution >= 0.6 is 0 Å². The van der Waals surface area contributed by atoms with Gasteiger partial charge in [0.15, 0.2) is 0 Å². The Morgan fingerprint density at radius 2 is 2.17 bits per heavy atom. The summed E-state index contributed by atoms with van der Waals surface area (Å²) in [4.78, 5) is 10.6. The number of ether oxygens (including phenoxy) is 1. The zero-order chi connectivity index (χ0) is 9.61. The van der Waals surface area contributed by atoms with Crippen molar-refractivity contribution in [3.05, 3.63) is 0 Å². The Balaban J connectivity index is 3.63. The van der Waals surface area contributed by atoms with Gasteiger partial charge in [0.2, 0.25) is 5.91 Å². The maximum Gasteiger partial charge on any atom is 0.219 e. The van der Waals surface area contributed by atoms with Gasteiger partial charge in [0.25, 0.3) is 0 Å². The molecule has 0 aromatic carbocycles. The van der Waals surface area contributed by atoms with Crippen molar-refractivity contribution in [1.29, 1.82) is 0 Å². The number of nitrogens with one attached hydrogen (secondary N) is 1. The van der Waals surface area contributed by atoms with Crippen LogP contribution in [0.4, 0.5) is 0 Å². The quantitative estimate of drug-likeness (QED) is 0.552. The van der Waals surface area contributed by atoms with Crippen LogP contribution < -0.4 is 11.1 Å². The van der Waals surface area contributed by atoms with Gasteiger partial charge < -0.3 is 15.8 Å². The summed E-state index contributed by atoms with van der Waals surface area (Å²) in [5, 5.41) is 3.17. The molecule has 1 amide bonds. The summed E-state index contributed by atoms with van der Waals surface area (Å²) in [6.07, 6.45) is 0.344. The van der Waals surface area contributed by atoms with E-state index >= 15 is 0 Å². The predicted octanol–water partition coefficient (Wildman–Crippen LogP) is -0.124. The molecule has 4 heteroatoms. The Kier molecular flexibility index (Phi) is 4.85. The predicted molar refractivity (Wildman–Crippen MR) is 47.8 cm³/mol. The van der Waals surface area contributed by atoms with Crippen LogP contribution in [0.1, 0.15) is 20.3 Å². The highest BCUT2D eigenvalue weighted by molar-refractivity contribution is 5.74. The lowest BCUT2D eigenvalue weighted by molar-refractivity contribution is -0.119. The molecular formula is C8H18N2O2. The fourth-order valence-electron chi connectivity index (χ4n) is 0.990. The van der Waals surface area contributed by atoms with Crippen molar-refractivity contribution in [2.24, 2.45) is 5.73 Å². The summed E-state index contributed by atoms with van der Waals surface area (Å²) >= 11 is 0. The highest BCUT2D eigenvalue weighted by Gasteiger charge is 2.18. The molecule has 0 spiro atoms. The molecule has 0 aliphatic heterocycles. The Hall–Kier alpha value is -0.610. The van der Waals surface area contributed by atoms with Crippen molar-refractivity contribution >= 4 is 5.91 Å². The molecule has 0 saturated carbocycles. The number of hydrogen-bond donors (Lipinski definition) is 2. The van der Waals surface area contributed by atoms with Gasteiger partial charge in [-0.3, -0.25) is 4.79 Å². The molecule has 0 bridgehead atoms. The van der Waals surface area contributed by atoms with Crippen LogP contribution in [0.2, 0.25) is 0 Å². The van der Waals surface area contributed by atoms with Gasteiger partial charge in [0.05, 0.1) is 6.61 Å². The van der Waals surface area contributed by atoms with Crippen molar-refractivity contribution in [3.63, 3.8) is 0 Å². The first-order chi connectivity index (χ1) is 5.48. The lowest BCUT2D eigenvalue weighted by atomic mass is 10.0. The maximum absolute atomic E-state index is 10.6. The second kappa shape index (κ2) is 5.11. The molecule has 0 aliphatic carbocycles. The summed E-state index contributed by atoms with van der Waals surface area (Å²) in [6.45, 7) is 5.25. The number of methoxy groups -OCH3 is 1. The molecule has 0 fully saturated rings. The van der Waals surface area contributed by atoms with Gasteiger partial charge in [-0.2, -0.15) is 0 Å². The highest BCUT2D eigenvalue weighted by Crippen LogP contribution is 2.06. The zero-order valence-electron chi connectivity index (χ0n) is 8.02. The van der Waals surface area contributed by atoms with E-state index in [4.69, 9.17) is 10.5 Å². The van der Waals surface area contributed by atoms with E-state index in [0.717, 1.165) is 6.54 Å². The van der Waals surface area contributed by atoms with Gasteiger partial charge in [0.1, 0.15) is 0 Å². The van der Waals surface area contributed by atoms with Crippen LogP contribution in [-0.2, 0) is 9.53 Å². The van der Waals surface area contributed by atoms with Gasteiger partial charge in [-0.25, -0.2) is 0 Å². The van der Waals surface area contributed by atoms with Crippen LogP contribution in [0.5, 0.6) is 0 Å². The Morgan fingerprint density at radius 3 is 2.58 bits per heavy atom. The molecule has 0 saturated heterocycles. The average molecular weight is 174 g/mol. The number of carbonyl (C=O) groups excluding carboxylic acids is 1. The molecule has 3 N–H and O–H groups in total. The number of hydrogen-bond acceptors (Lipinski definition) is 3. The van der Waals surface area contributed by atoms with Gasteiger partial charge >= 0.3 is 0 Å². The van der Waals surface area contributed by atoms with Crippen molar-refractivity contribution in [1.82, 2.24) is 5.32 Å². The largest absolute Gasteiger partial charge is 0.383 e.